The summed E-state index contributed by atoms with van der Waals surface area (Å²) in [7, 11) is 0. The van der Waals surface area contributed by atoms with Gasteiger partial charge in [-0.2, -0.15) is 0 Å². The van der Waals surface area contributed by atoms with E-state index in [9.17, 15) is 9.59 Å². The summed E-state index contributed by atoms with van der Waals surface area (Å²) in [5, 5.41) is 2.79. The van der Waals surface area contributed by atoms with Crippen molar-refractivity contribution in [2.24, 2.45) is 5.92 Å². The first-order valence-corrected chi connectivity index (χ1v) is 7.30. The Bertz CT molecular complexity index is 449. The Morgan fingerprint density at radius 1 is 1.35 bits per heavy atom. The molecule has 2 amide bonds. The van der Waals surface area contributed by atoms with Gasteiger partial charge in [0.15, 0.2) is 0 Å². The van der Waals surface area contributed by atoms with Crippen molar-refractivity contribution in [2.45, 2.75) is 32.7 Å². The van der Waals surface area contributed by atoms with E-state index in [4.69, 9.17) is 0 Å². The first-order valence-electron chi connectivity index (χ1n) is 7.30. The number of carbonyl (C=O) groups excluding carboxylic acids is 2. The summed E-state index contributed by atoms with van der Waals surface area (Å²) in [6.45, 7) is 3.97. The Labute approximate surface area is 120 Å². The summed E-state index contributed by atoms with van der Waals surface area (Å²) in [5.74, 6) is 0.151. The van der Waals surface area contributed by atoms with Crippen LogP contribution in [0.15, 0.2) is 30.3 Å². The second-order valence-corrected chi connectivity index (χ2v) is 5.29. The molecule has 1 unspecified atom stereocenters. The highest BCUT2D eigenvalue weighted by atomic mass is 16.2. The molecule has 4 nitrogen and oxygen atoms in total. The standard InChI is InChI=1S/C16H22N2O2/c1-2-10-18(12-13-6-4-3-5-7-13)16(20)14-8-9-15(19)17-11-14/h3-7,14H,2,8-12H2,1H3,(H,17,19). The quantitative estimate of drug-likeness (QED) is 0.892. The van der Waals surface area contributed by atoms with E-state index in [-0.39, 0.29) is 17.7 Å². The van der Waals surface area contributed by atoms with Crippen LogP contribution in [0, 0.1) is 5.92 Å². The highest BCUT2D eigenvalue weighted by Crippen LogP contribution is 2.16. The second-order valence-electron chi connectivity index (χ2n) is 5.29. The van der Waals surface area contributed by atoms with Gasteiger partial charge in [0.1, 0.15) is 0 Å². The molecule has 0 aliphatic carbocycles. The smallest absolute Gasteiger partial charge is 0.227 e. The van der Waals surface area contributed by atoms with Crippen molar-refractivity contribution in [1.82, 2.24) is 10.2 Å². The predicted molar refractivity (Wildman–Crippen MR) is 77.9 cm³/mol. The minimum absolute atomic E-state index is 0.0548. The third-order valence-electron chi connectivity index (χ3n) is 3.64. The maximum atomic E-state index is 12.6. The van der Waals surface area contributed by atoms with Crippen LogP contribution in [-0.4, -0.2) is 29.8 Å². The molecule has 108 valence electrons. The zero-order valence-corrected chi connectivity index (χ0v) is 12.0. The Kier molecular flexibility index (Phi) is 5.16. The van der Waals surface area contributed by atoms with Crippen LogP contribution in [0.1, 0.15) is 31.7 Å². The van der Waals surface area contributed by atoms with Gasteiger partial charge in [0.2, 0.25) is 11.8 Å². The van der Waals surface area contributed by atoms with Gasteiger partial charge in [0.25, 0.3) is 0 Å². The van der Waals surface area contributed by atoms with Gasteiger partial charge >= 0.3 is 0 Å². The zero-order valence-electron chi connectivity index (χ0n) is 12.0. The van der Waals surface area contributed by atoms with Crippen molar-refractivity contribution in [2.75, 3.05) is 13.1 Å². The lowest BCUT2D eigenvalue weighted by molar-refractivity contribution is -0.138. The van der Waals surface area contributed by atoms with Gasteiger partial charge in [-0.05, 0) is 18.4 Å². The molecule has 1 aromatic carbocycles. The summed E-state index contributed by atoms with van der Waals surface area (Å²) in [6, 6.07) is 10.0. The van der Waals surface area contributed by atoms with Crippen LogP contribution < -0.4 is 5.32 Å². The number of rotatable bonds is 5. The molecule has 0 spiro atoms. The molecule has 0 saturated carbocycles. The molecular formula is C16H22N2O2. The molecule has 4 heteroatoms. The zero-order chi connectivity index (χ0) is 14.4. The third-order valence-corrected chi connectivity index (χ3v) is 3.64. The van der Waals surface area contributed by atoms with E-state index in [1.165, 1.54) is 0 Å². The first kappa shape index (κ1) is 14.6. The van der Waals surface area contributed by atoms with E-state index in [0.717, 1.165) is 18.5 Å². The van der Waals surface area contributed by atoms with Crippen LogP contribution in [0.5, 0.6) is 0 Å². The Balaban J connectivity index is 2.00. The summed E-state index contributed by atoms with van der Waals surface area (Å²) in [4.78, 5) is 25.7. The molecule has 20 heavy (non-hydrogen) atoms. The molecule has 0 radical (unpaired) electrons. The number of hydrogen-bond donors (Lipinski definition) is 1. The first-order chi connectivity index (χ1) is 9.70. The number of hydrogen-bond acceptors (Lipinski definition) is 2. The SMILES string of the molecule is CCCN(Cc1ccccc1)C(=O)C1CCC(=O)NC1. The highest BCUT2D eigenvalue weighted by Gasteiger charge is 2.27. The fourth-order valence-electron chi connectivity index (χ4n) is 2.54. The molecule has 1 atom stereocenters. The van der Waals surface area contributed by atoms with E-state index >= 15 is 0 Å². The van der Waals surface area contributed by atoms with Gasteiger partial charge in [0, 0.05) is 26.1 Å². The lowest BCUT2D eigenvalue weighted by Gasteiger charge is -2.29. The van der Waals surface area contributed by atoms with Crippen molar-refractivity contribution < 1.29 is 9.59 Å². The van der Waals surface area contributed by atoms with Crippen molar-refractivity contribution in [3.63, 3.8) is 0 Å². The van der Waals surface area contributed by atoms with Crippen LogP contribution in [0.2, 0.25) is 0 Å². The van der Waals surface area contributed by atoms with Crippen LogP contribution in [-0.2, 0) is 16.1 Å². The molecular weight excluding hydrogens is 252 g/mol. The minimum Gasteiger partial charge on any atom is -0.355 e. The summed E-state index contributed by atoms with van der Waals surface area (Å²) < 4.78 is 0. The fraction of sp³-hybridized carbons (Fsp3) is 0.500. The van der Waals surface area contributed by atoms with E-state index in [0.29, 0.717) is 25.9 Å². The second kappa shape index (κ2) is 7.08. The molecule has 1 N–H and O–H groups in total. The lowest BCUT2D eigenvalue weighted by atomic mass is 9.97. The van der Waals surface area contributed by atoms with Gasteiger partial charge in [-0.1, -0.05) is 37.3 Å². The van der Waals surface area contributed by atoms with E-state index < -0.39 is 0 Å². The maximum Gasteiger partial charge on any atom is 0.227 e. The number of piperidine rings is 1. The fourth-order valence-corrected chi connectivity index (χ4v) is 2.54. The summed E-state index contributed by atoms with van der Waals surface area (Å²) in [6.07, 6.45) is 2.07. The van der Waals surface area contributed by atoms with Crippen molar-refractivity contribution in [3.05, 3.63) is 35.9 Å². The van der Waals surface area contributed by atoms with E-state index in [2.05, 4.69) is 12.2 Å². The lowest BCUT2D eigenvalue weighted by Crippen LogP contribution is -2.44. The largest absolute Gasteiger partial charge is 0.355 e. The average molecular weight is 274 g/mol. The van der Waals surface area contributed by atoms with Gasteiger partial charge < -0.3 is 10.2 Å². The monoisotopic (exact) mass is 274 g/mol. The molecule has 1 aromatic rings. The van der Waals surface area contributed by atoms with E-state index in [1.54, 1.807) is 0 Å². The number of carbonyl (C=O) groups is 2. The number of benzene rings is 1. The highest BCUT2D eigenvalue weighted by molar-refractivity contribution is 5.83. The molecule has 1 heterocycles. The van der Waals surface area contributed by atoms with Crippen LogP contribution >= 0.6 is 0 Å². The van der Waals surface area contributed by atoms with Crippen LogP contribution in [0.4, 0.5) is 0 Å². The van der Waals surface area contributed by atoms with Crippen molar-refractivity contribution >= 4 is 11.8 Å². The number of amides is 2. The topological polar surface area (TPSA) is 49.4 Å². The minimum atomic E-state index is -0.0667. The third kappa shape index (κ3) is 3.83. The number of nitrogens with one attached hydrogen (secondary N) is 1. The van der Waals surface area contributed by atoms with E-state index in [1.807, 2.05) is 35.2 Å². The maximum absolute atomic E-state index is 12.6. The average Bonchev–Trinajstić information content (AvgIpc) is 2.48. The molecule has 1 saturated heterocycles. The van der Waals surface area contributed by atoms with Crippen LogP contribution in [0.3, 0.4) is 0 Å². The summed E-state index contributed by atoms with van der Waals surface area (Å²) >= 11 is 0. The Morgan fingerprint density at radius 3 is 2.70 bits per heavy atom. The number of nitrogens with zero attached hydrogens (tertiary/aromatic N) is 1. The molecule has 1 fully saturated rings. The predicted octanol–water partition coefficient (Wildman–Crippen LogP) is 1.95. The van der Waals surface area contributed by atoms with Gasteiger partial charge in [0.05, 0.1) is 5.92 Å². The molecule has 0 bridgehead atoms. The Morgan fingerprint density at radius 2 is 2.10 bits per heavy atom. The molecule has 1 aliphatic heterocycles. The van der Waals surface area contributed by atoms with Crippen molar-refractivity contribution in [3.8, 4) is 0 Å². The van der Waals surface area contributed by atoms with Gasteiger partial charge in [-0.15, -0.1) is 0 Å². The van der Waals surface area contributed by atoms with Crippen molar-refractivity contribution in [1.29, 1.82) is 0 Å². The molecule has 0 aromatic heterocycles. The molecule has 1 aliphatic rings. The van der Waals surface area contributed by atoms with Gasteiger partial charge in [-0.3, -0.25) is 9.59 Å². The normalized spacial score (nSPS) is 18.4. The molecule has 2 rings (SSSR count). The summed E-state index contributed by atoms with van der Waals surface area (Å²) in [5.41, 5.74) is 1.15. The van der Waals surface area contributed by atoms with Gasteiger partial charge in [-0.25, -0.2) is 0 Å². The Hall–Kier alpha value is -1.84. The van der Waals surface area contributed by atoms with Crippen LogP contribution in [0.25, 0.3) is 0 Å².